The number of rotatable bonds is 2. The van der Waals surface area contributed by atoms with Crippen molar-refractivity contribution in [2.24, 2.45) is 34.2 Å². The van der Waals surface area contributed by atoms with Gasteiger partial charge in [0, 0.05) is 0 Å². The topological polar surface area (TPSA) is 73.5 Å². The molecule has 1 aromatic rings. The zero-order valence-electron chi connectivity index (χ0n) is 12.9. The molecule has 2 saturated carbocycles. The third-order valence-electron chi connectivity index (χ3n) is 6.19. The summed E-state index contributed by atoms with van der Waals surface area (Å²) < 4.78 is 0. The first-order chi connectivity index (χ1) is 11.7. The van der Waals surface area contributed by atoms with Gasteiger partial charge in [0.05, 0.1) is 29.7 Å². The van der Waals surface area contributed by atoms with Gasteiger partial charge >= 0.3 is 0 Å². The summed E-state index contributed by atoms with van der Waals surface area (Å²) in [6, 6.07) is 8.92. The molecule has 5 heteroatoms. The van der Waals surface area contributed by atoms with E-state index in [1.54, 1.807) is 24.3 Å². The minimum Gasteiger partial charge on any atom is -0.272 e. The van der Waals surface area contributed by atoms with E-state index in [4.69, 9.17) is 5.26 Å². The van der Waals surface area contributed by atoms with Crippen LogP contribution in [0, 0.1) is 40.4 Å². The van der Waals surface area contributed by atoms with Crippen LogP contribution in [0.2, 0.25) is 0 Å². The molecule has 2 amide bonds. The number of imide groups is 1. The maximum Gasteiger partial charge on any atom is 0.254 e. The summed E-state index contributed by atoms with van der Waals surface area (Å²) in [4.78, 5) is 25.5. The lowest BCUT2D eigenvalue weighted by Crippen LogP contribution is -2.30. The molecule has 4 aliphatic rings. The number of allylic oxidation sites excluding steroid dienone is 2. The normalized spacial score (nSPS) is 34.4. The number of fused-ring (bicyclic) bond motifs is 3. The molecule has 1 spiro atoms. The number of carbonyl (C=O) groups is 2. The third-order valence-corrected chi connectivity index (χ3v) is 6.19. The van der Waals surface area contributed by atoms with Gasteiger partial charge in [0.25, 0.3) is 11.8 Å². The summed E-state index contributed by atoms with van der Waals surface area (Å²) in [5, 5.41) is 14.0. The van der Waals surface area contributed by atoms with E-state index in [2.05, 4.69) is 23.3 Å². The second-order valence-electron chi connectivity index (χ2n) is 7.19. The van der Waals surface area contributed by atoms with E-state index in [1.165, 1.54) is 6.21 Å². The predicted octanol–water partition coefficient (Wildman–Crippen LogP) is 2.09. The molecular formula is C19H15N3O2. The summed E-state index contributed by atoms with van der Waals surface area (Å²) in [7, 11) is 0. The summed E-state index contributed by atoms with van der Waals surface area (Å²) in [6.07, 6.45) is 8.09. The van der Waals surface area contributed by atoms with Crippen LogP contribution in [-0.2, 0) is 9.59 Å². The largest absolute Gasteiger partial charge is 0.272 e. The average molecular weight is 317 g/mol. The lowest BCUT2D eigenvalue weighted by atomic mass is 9.85. The molecule has 0 N–H and O–H groups in total. The fourth-order valence-corrected chi connectivity index (χ4v) is 4.94. The Morgan fingerprint density at radius 2 is 1.67 bits per heavy atom. The van der Waals surface area contributed by atoms with Crippen molar-refractivity contribution in [3.8, 4) is 6.07 Å². The molecular weight excluding hydrogens is 302 g/mol. The number of hydrogen-bond donors (Lipinski definition) is 0. The van der Waals surface area contributed by atoms with Gasteiger partial charge in [-0.1, -0.05) is 24.3 Å². The molecule has 118 valence electrons. The van der Waals surface area contributed by atoms with Gasteiger partial charge in [0.15, 0.2) is 0 Å². The molecule has 4 atom stereocenters. The van der Waals surface area contributed by atoms with Crippen LogP contribution in [0.5, 0.6) is 0 Å². The Bertz CT molecular complexity index is 824. The average Bonchev–Trinajstić information content (AvgIpc) is 3.21. The number of nitriles is 1. The van der Waals surface area contributed by atoms with Crippen molar-refractivity contribution >= 4 is 18.0 Å². The van der Waals surface area contributed by atoms with Crippen molar-refractivity contribution in [2.75, 3.05) is 0 Å². The standard InChI is InChI=1S/C19H15N3O2/c20-9-11-1-3-12(4-2-11)10-21-22-17(23)15-13-5-6-14(16(15)18(22)24)19(13)7-8-19/h1-6,10,13-16H,7-8H2/b21-10-/t13-,14+,15+,16-. The Morgan fingerprint density at radius 3 is 2.17 bits per heavy atom. The van der Waals surface area contributed by atoms with E-state index < -0.39 is 0 Å². The minimum absolute atomic E-state index is 0.155. The van der Waals surface area contributed by atoms with Crippen LogP contribution in [0.3, 0.4) is 0 Å². The van der Waals surface area contributed by atoms with Crippen LogP contribution in [0.4, 0.5) is 0 Å². The smallest absolute Gasteiger partial charge is 0.254 e. The van der Waals surface area contributed by atoms with Gasteiger partial charge < -0.3 is 0 Å². The number of amides is 2. The Kier molecular flexibility index (Phi) is 2.52. The van der Waals surface area contributed by atoms with Crippen molar-refractivity contribution in [3.63, 3.8) is 0 Å². The summed E-state index contributed by atoms with van der Waals surface area (Å²) in [5.74, 6) is -0.296. The first-order valence-corrected chi connectivity index (χ1v) is 8.26. The van der Waals surface area contributed by atoms with Crippen LogP contribution in [0.15, 0.2) is 41.5 Å². The van der Waals surface area contributed by atoms with Crippen molar-refractivity contribution in [1.29, 1.82) is 5.26 Å². The lowest BCUT2D eigenvalue weighted by molar-refractivity contribution is -0.141. The van der Waals surface area contributed by atoms with E-state index >= 15 is 0 Å². The van der Waals surface area contributed by atoms with E-state index in [-0.39, 0.29) is 40.9 Å². The molecule has 5 nitrogen and oxygen atoms in total. The minimum atomic E-state index is -0.215. The summed E-state index contributed by atoms with van der Waals surface area (Å²) in [6.45, 7) is 0. The molecule has 0 unspecified atom stereocenters. The van der Waals surface area contributed by atoms with E-state index in [1.807, 2.05) is 0 Å². The second-order valence-corrected chi connectivity index (χ2v) is 7.19. The maximum atomic E-state index is 12.7. The van der Waals surface area contributed by atoms with Gasteiger partial charge in [-0.25, -0.2) is 0 Å². The maximum absolute atomic E-state index is 12.7. The monoisotopic (exact) mass is 317 g/mol. The molecule has 1 aliphatic heterocycles. The van der Waals surface area contributed by atoms with Gasteiger partial charge in [-0.2, -0.15) is 15.4 Å². The number of nitrogens with zero attached hydrogens (tertiary/aromatic N) is 3. The molecule has 1 heterocycles. The lowest BCUT2D eigenvalue weighted by Gasteiger charge is -2.18. The Balaban J connectivity index is 1.41. The van der Waals surface area contributed by atoms with Gasteiger partial charge in [0.1, 0.15) is 0 Å². The molecule has 1 saturated heterocycles. The first-order valence-electron chi connectivity index (χ1n) is 8.26. The van der Waals surface area contributed by atoms with Crippen molar-refractivity contribution in [3.05, 3.63) is 47.5 Å². The Labute approximate surface area is 139 Å². The molecule has 0 aromatic heterocycles. The Hall–Kier alpha value is -2.74. The Morgan fingerprint density at radius 1 is 1.08 bits per heavy atom. The van der Waals surface area contributed by atoms with Gasteiger partial charge in [-0.3, -0.25) is 9.59 Å². The summed E-state index contributed by atoms with van der Waals surface area (Å²) >= 11 is 0. The number of carbonyl (C=O) groups excluding carboxylic acids is 2. The highest BCUT2D eigenvalue weighted by atomic mass is 16.2. The number of hydrogen-bond acceptors (Lipinski definition) is 4. The van der Waals surface area contributed by atoms with Crippen molar-refractivity contribution < 1.29 is 9.59 Å². The predicted molar refractivity (Wildman–Crippen MR) is 85.4 cm³/mol. The second kappa shape index (κ2) is 4.41. The highest BCUT2D eigenvalue weighted by molar-refractivity contribution is 6.07. The van der Waals surface area contributed by atoms with E-state index in [9.17, 15) is 9.59 Å². The quantitative estimate of drug-likeness (QED) is 0.476. The molecule has 0 radical (unpaired) electrons. The number of hydrazone groups is 1. The van der Waals surface area contributed by atoms with E-state index in [0.717, 1.165) is 23.4 Å². The van der Waals surface area contributed by atoms with Crippen LogP contribution in [0.25, 0.3) is 0 Å². The SMILES string of the molecule is N#Cc1ccc(/C=N\N2C(=O)[C@@H]3[C@H](C2=O)[C@@H]2C=C[C@H]3C23CC3)cc1. The van der Waals surface area contributed by atoms with Crippen molar-refractivity contribution in [1.82, 2.24) is 5.01 Å². The zero-order valence-corrected chi connectivity index (χ0v) is 12.9. The van der Waals surface area contributed by atoms with E-state index in [0.29, 0.717) is 5.56 Å². The fraction of sp³-hybridized carbons (Fsp3) is 0.368. The first kappa shape index (κ1) is 13.7. The van der Waals surface area contributed by atoms with Gasteiger partial charge in [-0.05, 0) is 47.8 Å². The summed E-state index contributed by atoms with van der Waals surface area (Å²) in [5.41, 5.74) is 1.53. The van der Waals surface area contributed by atoms with Gasteiger partial charge in [0.2, 0.25) is 0 Å². The zero-order chi connectivity index (χ0) is 16.5. The van der Waals surface area contributed by atoms with Crippen LogP contribution in [0.1, 0.15) is 24.0 Å². The molecule has 5 rings (SSSR count). The fourth-order valence-electron chi connectivity index (χ4n) is 4.94. The molecule has 3 aliphatic carbocycles. The third kappa shape index (κ3) is 1.56. The van der Waals surface area contributed by atoms with Crippen LogP contribution < -0.4 is 0 Å². The van der Waals surface area contributed by atoms with Crippen LogP contribution in [-0.4, -0.2) is 23.0 Å². The van der Waals surface area contributed by atoms with Crippen molar-refractivity contribution in [2.45, 2.75) is 12.8 Å². The molecule has 24 heavy (non-hydrogen) atoms. The highest BCUT2D eigenvalue weighted by Gasteiger charge is 2.73. The molecule has 1 aromatic carbocycles. The molecule has 2 bridgehead atoms. The van der Waals surface area contributed by atoms with Gasteiger partial charge in [-0.15, -0.1) is 0 Å². The highest BCUT2D eigenvalue weighted by Crippen LogP contribution is 2.73. The molecule has 3 fully saturated rings. The number of benzene rings is 1. The van der Waals surface area contributed by atoms with Crippen LogP contribution >= 0.6 is 0 Å².